The molecule has 172 valence electrons. The van der Waals surface area contributed by atoms with Crippen LogP contribution in [0, 0.1) is 13.8 Å². The number of carbonyl (C=O) groups excluding carboxylic acids is 1. The molecule has 5 heteroatoms. The van der Waals surface area contributed by atoms with Gasteiger partial charge >= 0.3 is 6.03 Å². The van der Waals surface area contributed by atoms with E-state index in [0.717, 1.165) is 44.8 Å². The third-order valence-electron chi connectivity index (χ3n) is 6.19. The lowest BCUT2D eigenvalue weighted by atomic mass is 10.0. The van der Waals surface area contributed by atoms with E-state index in [9.17, 15) is 4.79 Å². The van der Waals surface area contributed by atoms with E-state index in [0.29, 0.717) is 5.69 Å². The molecule has 1 N–H and O–H groups in total. The average Bonchev–Trinajstić information content (AvgIpc) is 2.90. The van der Waals surface area contributed by atoms with Crippen LogP contribution >= 0.6 is 0 Å². The normalized spacial score (nSPS) is 10.8. The van der Waals surface area contributed by atoms with Crippen molar-refractivity contribution in [3.8, 4) is 22.5 Å². The highest BCUT2D eigenvalue weighted by atomic mass is 16.2. The van der Waals surface area contributed by atoms with Crippen molar-refractivity contribution in [3.05, 3.63) is 108 Å². The summed E-state index contributed by atoms with van der Waals surface area (Å²) in [6, 6.07) is 31.5. The number of urea groups is 1. The van der Waals surface area contributed by atoms with E-state index < -0.39 is 0 Å². The van der Waals surface area contributed by atoms with Crippen LogP contribution in [0.1, 0.15) is 11.1 Å². The Morgan fingerprint density at radius 2 is 1.29 bits per heavy atom. The Labute approximate surface area is 205 Å². The summed E-state index contributed by atoms with van der Waals surface area (Å²) < 4.78 is 0. The van der Waals surface area contributed by atoms with Crippen molar-refractivity contribution in [2.75, 3.05) is 17.3 Å². The highest BCUT2D eigenvalue weighted by molar-refractivity contribution is 6.02. The predicted octanol–water partition coefficient (Wildman–Crippen LogP) is 7.25. The van der Waals surface area contributed by atoms with Crippen LogP contribution in [-0.4, -0.2) is 23.0 Å². The molecule has 1 heterocycles. The van der Waals surface area contributed by atoms with E-state index in [1.165, 1.54) is 5.56 Å². The molecule has 0 spiro atoms. The first-order valence-electron chi connectivity index (χ1n) is 11.5. The Morgan fingerprint density at radius 3 is 1.89 bits per heavy atom. The summed E-state index contributed by atoms with van der Waals surface area (Å²) in [6.45, 7) is 4.10. The number of anilines is 2. The van der Waals surface area contributed by atoms with Crippen LogP contribution in [0.25, 0.3) is 33.5 Å². The van der Waals surface area contributed by atoms with E-state index in [4.69, 9.17) is 9.97 Å². The van der Waals surface area contributed by atoms with Gasteiger partial charge in [-0.25, -0.2) is 14.8 Å². The second-order valence-corrected chi connectivity index (χ2v) is 8.61. The zero-order valence-corrected chi connectivity index (χ0v) is 20.0. The van der Waals surface area contributed by atoms with Crippen molar-refractivity contribution in [1.29, 1.82) is 0 Å². The fraction of sp³-hybridized carbons (Fsp3) is 0.100. The number of hydrogen-bond acceptors (Lipinski definition) is 3. The Bertz CT molecular complexity index is 1510. The lowest BCUT2D eigenvalue weighted by Gasteiger charge is -2.19. The maximum absolute atomic E-state index is 13.0. The van der Waals surface area contributed by atoms with Gasteiger partial charge in [-0.2, -0.15) is 0 Å². The third-order valence-corrected chi connectivity index (χ3v) is 6.19. The van der Waals surface area contributed by atoms with Crippen LogP contribution in [0.2, 0.25) is 0 Å². The molecular formula is C30H26N4O. The highest BCUT2D eigenvalue weighted by Gasteiger charge is 2.15. The molecule has 0 aliphatic heterocycles. The molecule has 1 aromatic heterocycles. The smallest absolute Gasteiger partial charge is 0.307 e. The summed E-state index contributed by atoms with van der Waals surface area (Å²) in [6.07, 6.45) is 0. The molecular weight excluding hydrogens is 432 g/mol. The van der Waals surface area contributed by atoms with Gasteiger partial charge in [0, 0.05) is 29.5 Å². The van der Waals surface area contributed by atoms with E-state index in [1.807, 2.05) is 104 Å². The SMILES string of the molecule is Cc1ccc(N(C)C(=O)Nc2ccc3nc(-c4ccccc4)c(-c4ccccc4)nc3c2)cc1C. The number of carbonyl (C=O) groups is 1. The Hall–Kier alpha value is -4.51. The average molecular weight is 459 g/mol. The monoisotopic (exact) mass is 458 g/mol. The number of fused-ring (bicyclic) bond motifs is 1. The standard InChI is InChI=1S/C30H26N4O/c1-20-14-16-25(18-21(20)2)34(3)30(35)31-24-15-17-26-27(19-24)33-29(23-12-8-5-9-13-23)28(32-26)22-10-6-4-7-11-22/h4-19H,1-3H3,(H,31,35). The topological polar surface area (TPSA) is 58.1 Å². The maximum atomic E-state index is 13.0. The molecule has 0 atom stereocenters. The molecule has 0 fully saturated rings. The number of aromatic nitrogens is 2. The van der Waals surface area contributed by atoms with Gasteiger partial charge in [-0.1, -0.05) is 66.7 Å². The number of rotatable bonds is 4. The molecule has 0 bridgehead atoms. The van der Waals surface area contributed by atoms with Crippen molar-refractivity contribution < 1.29 is 4.79 Å². The molecule has 0 aliphatic carbocycles. The van der Waals surface area contributed by atoms with Crippen LogP contribution in [0.5, 0.6) is 0 Å². The molecule has 0 unspecified atom stereocenters. The lowest BCUT2D eigenvalue weighted by Crippen LogP contribution is -2.31. The molecule has 0 aliphatic rings. The first-order valence-corrected chi connectivity index (χ1v) is 11.5. The number of amides is 2. The van der Waals surface area contributed by atoms with Crippen molar-refractivity contribution in [1.82, 2.24) is 9.97 Å². The first-order chi connectivity index (χ1) is 17.0. The van der Waals surface area contributed by atoms with E-state index in [2.05, 4.69) is 12.2 Å². The predicted molar refractivity (Wildman–Crippen MR) is 144 cm³/mol. The summed E-state index contributed by atoms with van der Waals surface area (Å²) >= 11 is 0. The van der Waals surface area contributed by atoms with Gasteiger partial charge in [0.2, 0.25) is 0 Å². The maximum Gasteiger partial charge on any atom is 0.326 e. The summed E-state index contributed by atoms with van der Waals surface area (Å²) in [4.78, 5) is 24.5. The molecule has 35 heavy (non-hydrogen) atoms. The molecule has 5 nitrogen and oxygen atoms in total. The van der Waals surface area contributed by atoms with Crippen molar-refractivity contribution in [2.45, 2.75) is 13.8 Å². The van der Waals surface area contributed by atoms with E-state index >= 15 is 0 Å². The molecule has 0 radical (unpaired) electrons. The van der Waals surface area contributed by atoms with E-state index in [1.54, 1.807) is 11.9 Å². The summed E-state index contributed by atoms with van der Waals surface area (Å²) in [5.41, 5.74) is 8.96. The van der Waals surface area contributed by atoms with Crippen molar-refractivity contribution in [3.63, 3.8) is 0 Å². The van der Waals surface area contributed by atoms with Gasteiger partial charge in [-0.3, -0.25) is 4.90 Å². The number of nitrogens with zero attached hydrogens (tertiary/aromatic N) is 3. The van der Waals surface area contributed by atoms with Crippen molar-refractivity contribution in [2.24, 2.45) is 0 Å². The molecule has 0 saturated carbocycles. The first kappa shape index (κ1) is 22.3. The third kappa shape index (κ3) is 4.62. The van der Waals surface area contributed by atoms with Gasteiger partial charge in [-0.15, -0.1) is 0 Å². The summed E-state index contributed by atoms with van der Waals surface area (Å²) in [7, 11) is 1.76. The molecule has 2 amide bonds. The van der Waals surface area contributed by atoms with Gasteiger partial charge in [-0.05, 0) is 55.3 Å². The zero-order chi connectivity index (χ0) is 24.4. The fourth-order valence-corrected chi connectivity index (χ4v) is 3.99. The zero-order valence-electron chi connectivity index (χ0n) is 20.0. The minimum atomic E-state index is -0.218. The van der Waals surface area contributed by atoms with Crippen molar-refractivity contribution >= 4 is 28.4 Å². The minimum Gasteiger partial charge on any atom is -0.307 e. The molecule has 5 rings (SSSR count). The van der Waals surface area contributed by atoms with Crippen LogP contribution in [0.4, 0.5) is 16.2 Å². The van der Waals surface area contributed by atoms with Gasteiger partial charge in [0.05, 0.1) is 22.4 Å². The van der Waals surface area contributed by atoms with Crippen LogP contribution in [0.15, 0.2) is 97.1 Å². The summed E-state index contributed by atoms with van der Waals surface area (Å²) in [5.74, 6) is 0. The van der Waals surface area contributed by atoms with Gasteiger partial charge in [0.1, 0.15) is 0 Å². The number of benzene rings is 4. The van der Waals surface area contributed by atoms with E-state index in [-0.39, 0.29) is 6.03 Å². The van der Waals surface area contributed by atoms with Crippen LogP contribution in [-0.2, 0) is 0 Å². The van der Waals surface area contributed by atoms with Gasteiger partial charge in [0.15, 0.2) is 0 Å². The molecule has 0 saturated heterocycles. The largest absolute Gasteiger partial charge is 0.326 e. The van der Waals surface area contributed by atoms with Crippen LogP contribution < -0.4 is 10.2 Å². The minimum absolute atomic E-state index is 0.218. The molecule has 4 aromatic carbocycles. The van der Waals surface area contributed by atoms with Gasteiger partial charge < -0.3 is 5.32 Å². The second-order valence-electron chi connectivity index (χ2n) is 8.61. The number of aryl methyl sites for hydroxylation is 2. The second kappa shape index (κ2) is 9.39. The lowest BCUT2D eigenvalue weighted by molar-refractivity contribution is 0.258. The van der Waals surface area contributed by atoms with Crippen LogP contribution in [0.3, 0.4) is 0 Å². The number of hydrogen-bond donors (Lipinski definition) is 1. The quantitative estimate of drug-likeness (QED) is 0.309. The Kier molecular flexibility index (Phi) is 5.98. The van der Waals surface area contributed by atoms with Gasteiger partial charge in [0.25, 0.3) is 0 Å². The highest BCUT2D eigenvalue weighted by Crippen LogP contribution is 2.31. The Balaban J connectivity index is 1.51. The molecule has 5 aromatic rings. The summed E-state index contributed by atoms with van der Waals surface area (Å²) in [5, 5.41) is 2.99. The number of nitrogens with one attached hydrogen (secondary N) is 1. The fourth-order valence-electron chi connectivity index (χ4n) is 3.99. The Morgan fingerprint density at radius 1 is 0.686 bits per heavy atom.